The first-order valence-corrected chi connectivity index (χ1v) is 8.01. The molecule has 0 bridgehead atoms. The maximum absolute atomic E-state index is 11.7. The van der Waals surface area contributed by atoms with Gasteiger partial charge in [0.2, 0.25) is 0 Å². The SMILES string of the molecule is CC(C)Cc1ccc(CC2=CC=C[NH+]([O-])C2=S(=O)=O)cc1. The number of hydroxylamine groups is 2. The van der Waals surface area contributed by atoms with Gasteiger partial charge >= 0.3 is 0 Å². The second-order valence-electron chi connectivity index (χ2n) is 5.57. The molecule has 5 heteroatoms. The van der Waals surface area contributed by atoms with Crippen LogP contribution in [0.1, 0.15) is 25.0 Å². The monoisotopic (exact) mass is 305 g/mol. The van der Waals surface area contributed by atoms with Crippen molar-refractivity contribution in [3.8, 4) is 0 Å². The average Bonchev–Trinajstić information content (AvgIpc) is 2.40. The number of benzene rings is 1. The summed E-state index contributed by atoms with van der Waals surface area (Å²) in [6.07, 6.45) is 6.03. The van der Waals surface area contributed by atoms with Crippen LogP contribution in [0.5, 0.6) is 0 Å². The second-order valence-corrected chi connectivity index (χ2v) is 6.45. The molecule has 2 rings (SSSR count). The van der Waals surface area contributed by atoms with E-state index in [1.54, 1.807) is 12.2 Å². The van der Waals surface area contributed by atoms with Crippen molar-refractivity contribution in [3.05, 3.63) is 64.5 Å². The van der Waals surface area contributed by atoms with Crippen LogP contribution in [-0.2, 0) is 23.1 Å². The van der Waals surface area contributed by atoms with E-state index < -0.39 is 15.4 Å². The van der Waals surface area contributed by atoms with Gasteiger partial charge in [-0.25, -0.2) is 0 Å². The Bertz CT molecular complexity index is 690. The summed E-state index contributed by atoms with van der Waals surface area (Å²) in [5.41, 5.74) is 2.81. The summed E-state index contributed by atoms with van der Waals surface area (Å²) in [6.45, 7) is 4.34. The lowest BCUT2D eigenvalue weighted by Crippen LogP contribution is -3.06. The first kappa shape index (κ1) is 15.7. The number of quaternary nitrogens is 1. The van der Waals surface area contributed by atoms with Crippen LogP contribution in [0, 0.1) is 11.1 Å². The molecule has 1 atom stereocenters. The van der Waals surface area contributed by atoms with Gasteiger partial charge in [0.25, 0.3) is 15.3 Å². The van der Waals surface area contributed by atoms with Crippen LogP contribution in [-0.4, -0.2) is 13.4 Å². The van der Waals surface area contributed by atoms with E-state index in [0.717, 1.165) is 12.0 Å². The standard InChI is InChI=1S/C16H19NO3S/c1-12(2)10-13-5-7-14(8-6-13)11-15-4-3-9-17(18)16(15)21(19)20/h3-9,12,17H,10-11H2,1-2H3. The number of hydrogen-bond donors (Lipinski definition) is 1. The number of allylic oxidation sites excluding steroid dienone is 2. The Morgan fingerprint density at radius 1 is 1.14 bits per heavy atom. The number of rotatable bonds is 4. The summed E-state index contributed by atoms with van der Waals surface area (Å²) in [5.74, 6) is 0.600. The van der Waals surface area contributed by atoms with Crippen LogP contribution in [0.15, 0.2) is 48.2 Å². The summed E-state index contributed by atoms with van der Waals surface area (Å²) in [7, 11) is -2.50. The largest absolute Gasteiger partial charge is 0.623 e. The highest BCUT2D eigenvalue weighted by molar-refractivity contribution is 7.72. The van der Waals surface area contributed by atoms with Gasteiger partial charge in [0.15, 0.2) is 0 Å². The van der Waals surface area contributed by atoms with Crippen LogP contribution in [0.3, 0.4) is 0 Å². The van der Waals surface area contributed by atoms with Crippen molar-refractivity contribution in [2.24, 2.45) is 5.92 Å². The smallest absolute Gasteiger partial charge is 0.277 e. The molecule has 1 aromatic carbocycles. The molecule has 0 radical (unpaired) electrons. The maximum atomic E-state index is 11.7. The summed E-state index contributed by atoms with van der Waals surface area (Å²) in [6, 6.07) is 8.10. The summed E-state index contributed by atoms with van der Waals surface area (Å²) in [5, 5.41) is 11.2. The van der Waals surface area contributed by atoms with E-state index in [1.807, 2.05) is 12.1 Å². The Balaban J connectivity index is 2.20. The van der Waals surface area contributed by atoms with Gasteiger partial charge in [-0.3, -0.25) is 0 Å². The normalized spacial score (nSPS) is 18.0. The van der Waals surface area contributed by atoms with Crippen molar-refractivity contribution in [2.75, 3.05) is 0 Å². The lowest BCUT2D eigenvalue weighted by Gasteiger charge is -2.21. The van der Waals surface area contributed by atoms with Gasteiger partial charge in [-0.1, -0.05) is 38.1 Å². The Kier molecular flexibility index (Phi) is 5.12. The van der Waals surface area contributed by atoms with Crippen molar-refractivity contribution in [3.63, 3.8) is 0 Å². The molecule has 1 aliphatic rings. The maximum Gasteiger partial charge on any atom is 0.277 e. The van der Waals surface area contributed by atoms with E-state index in [1.165, 1.54) is 11.8 Å². The Morgan fingerprint density at radius 3 is 2.33 bits per heavy atom. The van der Waals surface area contributed by atoms with Crippen LogP contribution in [0.4, 0.5) is 0 Å². The zero-order chi connectivity index (χ0) is 15.4. The molecule has 0 amide bonds. The molecule has 21 heavy (non-hydrogen) atoms. The molecule has 0 saturated carbocycles. The van der Waals surface area contributed by atoms with Gasteiger partial charge in [-0.2, -0.15) is 8.42 Å². The fourth-order valence-corrected chi connectivity index (χ4v) is 2.96. The molecule has 0 aliphatic carbocycles. The highest BCUT2D eigenvalue weighted by Crippen LogP contribution is 2.13. The molecule has 0 spiro atoms. The van der Waals surface area contributed by atoms with Gasteiger partial charge < -0.3 is 10.3 Å². The third kappa shape index (κ3) is 4.14. The summed E-state index contributed by atoms with van der Waals surface area (Å²) in [4.78, 5) is -0.122. The van der Waals surface area contributed by atoms with Crippen LogP contribution >= 0.6 is 0 Å². The molecule has 0 aromatic heterocycles. The van der Waals surface area contributed by atoms with Crippen molar-refractivity contribution in [2.45, 2.75) is 26.7 Å². The zero-order valence-corrected chi connectivity index (χ0v) is 13.0. The topological polar surface area (TPSA) is 61.6 Å². The van der Waals surface area contributed by atoms with E-state index in [0.29, 0.717) is 17.9 Å². The molecule has 1 N–H and O–H groups in total. The van der Waals surface area contributed by atoms with E-state index in [-0.39, 0.29) is 4.99 Å². The fourth-order valence-electron chi connectivity index (χ4n) is 2.37. The molecule has 0 saturated heterocycles. The number of nitrogens with one attached hydrogen (secondary N) is 1. The summed E-state index contributed by atoms with van der Waals surface area (Å²) >= 11 is 0. The first-order valence-electron chi connectivity index (χ1n) is 6.93. The van der Waals surface area contributed by atoms with Gasteiger partial charge in [-0.15, -0.1) is 0 Å². The van der Waals surface area contributed by atoms with Crippen molar-refractivity contribution < 1.29 is 13.5 Å². The lowest BCUT2D eigenvalue weighted by atomic mass is 9.98. The van der Waals surface area contributed by atoms with Crippen molar-refractivity contribution in [1.29, 1.82) is 0 Å². The van der Waals surface area contributed by atoms with Crippen LogP contribution in [0.2, 0.25) is 0 Å². The van der Waals surface area contributed by atoms with Gasteiger partial charge in [0.05, 0.1) is 0 Å². The second kappa shape index (κ2) is 6.85. The Hall–Kier alpha value is -1.69. The van der Waals surface area contributed by atoms with Crippen LogP contribution < -0.4 is 5.06 Å². The predicted molar refractivity (Wildman–Crippen MR) is 84.2 cm³/mol. The first-order chi connectivity index (χ1) is 9.97. The quantitative estimate of drug-likeness (QED) is 0.673. The third-order valence-electron chi connectivity index (χ3n) is 3.29. The minimum absolute atomic E-state index is 0.122. The average molecular weight is 305 g/mol. The highest BCUT2D eigenvalue weighted by Gasteiger charge is 2.18. The van der Waals surface area contributed by atoms with E-state index >= 15 is 0 Å². The minimum atomic E-state index is -2.50. The van der Waals surface area contributed by atoms with Crippen molar-refractivity contribution >= 4 is 15.3 Å². The molecule has 1 heterocycles. The molecular weight excluding hydrogens is 286 g/mol. The minimum Gasteiger partial charge on any atom is -0.623 e. The molecule has 112 valence electrons. The van der Waals surface area contributed by atoms with E-state index in [2.05, 4.69) is 26.0 Å². The van der Waals surface area contributed by atoms with Crippen LogP contribution in [0.25, 0.3) is 0 Å². The highest BCUT2D eigenvalue weighted by atomic mass is 32.2. The number of hydrogen-bond acceptors (Lipinski definition) is 3. The third-order valence-corrected chi connectivity index (χ3v) is 4.09. The zero-order valence-electron chi connectivity index (χ0n) is 12.2. The van der Waals surface area contributed by atoms with E-state index in [9.17, 15) is 13.6 Å². The molecule has 1 aromatic rings. The van der Waals surface area contributed by atoms with Crippen molar-refractivity contribution in [1.82, 2.24) is 0 Å². The van der Waals surface area contributed by atoms with Gasteiger partial charge in [0.1, 0.15) is 6.20 Å². The molecule has 0 fully saturated rings. The van der Waals surface area contributed by atoms with Gasteiger partial charge in [-0.05, 0) is 35.6 Å². The molecule has 4 nitrogen and oxygen atoms in total. The summed E-state index contributed by atoms with van der Waals surface area (Å²) < 4.78 is 22.4. The molecular formula is C16H19NO3S. The Labute approximate surface area is 126 Å². The molecule has 1 aliphatic heterocycles. The predicted octanol–water partition coefficient (Wildman–Crippen LogP) is 1.27. The Morgan fingerprint density at radius 2 is 1.76 bits per heavy atom. The lowest BCUT2D eigenvalue weighted by molar-refractivity contribution is -0.680. The fraction of sp³-hybridized carbons (Fsp3) is 0.312. The van der Waals surface area contributed by atoms with Gasteiger partial charge in [0, 0.05) is 12.0 Å². The van der Waals surface area contributed by atoms with E-state index in [4.69, 9.17) is 0 Å². The molecule has 1 unspecified atom stereocenters.